The Labute approximate surface area is 137 Å². The highest BCUT2D eigenvalue weighted by atomic mass is 16.5. The fraction of sp³-hybridized carbons (Fsp3) is 0.562. The number of carbonyl (C=O) groups is 1. The van der Waals surface area contributed by atoms with E-state index in [0.29, 0.717) is 43.4 Å². The van der Waals surface area contributed by atoms with Gasteiger partial charge in [0, 0.05) is 26.8 Å². The molecule has 0 aliphatic heterocycles. The van der Waals surface area contributed by atoms with E-state index in [0.717, 1.165) is 12.0 Å². The summed E-state index contributed by atoms with van der Waals surface area (Å²) in [7, 11) is 6.35. The zero-order chi connectivity index (χ0) is 17.1. The van der Waals surface area contributed by atoms with Crippen molar-refractivity contribution < 1.29 is 23.7 Å². The molecule has 0 aliphatic rings. The number of urea groups is 1. The van der Waals surface area contributed by atoms with Gasteiger partial charge < -0.3 is 29.6 Å². The molecule has 130 valence electrons. The average Bonchev–Trinajstić information content (AvgIpc) is 2.57. The first-order chi connectivity index (χ1) is 11.2. The van der Waals surface area contributed by atoms with Gasteiger partial charge in [0.2, 0.25) is 5.75 Å². The molecule has 23 heavy (non-hydrogen) atoms. The van der Waals surface area contributed by atoms with Gasteiger partial charge in [0.25, 0.3) is 0 Å². The topological polar surface area (TPSA) is 78.1 Å². The quantitative estimate of drug-likeness (QED) is 0.639. The Hall–Kier alpha value is -2.15. The second-order valence-electron chi connectivity index (χ2n) is 4.81. The predicted molar refractivity (Wildman–Crippen MR) is 87.7 cm³/mol. The summed E-state index contributed by atoms with van der Waals surface area (Å²) >= 11 is 0. The van der Waals surface area contributed by atoms with Crippen molar-refractivity contribution in [2.24, 2.45) is 0 Å². The van der Waals surface area contributed by atoms with Gasteiger partial charge in [-0.2, -0.15) is 0 Å². The zero-order valence-electron chi connectivity index (χ0n) is 14.2. The Morgan fingerprint density at radius 1 is 0.957 bits per heavy atom. The molecule has 0 saturated carbocycles. The summed E-state index contributed by atoms with van der Waals surface area (Å²) in [6.45, 7) is 1.73. The minimum atomic E-state index is -0.187. The Morgan fingerprint density at radius 2 is 1.57 bits per heavy atom. The maximum absolute atomic E-state index is 11.6. The van der Waals surface area contributed by atoms with E-state index >= 15 is 0 Å². The largest absolute Gasteiger partial charge is 0.493 e. The van der Waals surface area contributed by atoms with Gasteiger partial charge in [0.1, 0.15) is 0 Å². The van der Waals surface area contributed by atoms with Crippen molar-refractivity contribution in [2.45, 2.75) is 12.8 Å². The van der Waals surface area contributed by atoms with Crippen LogP contribution in [0.4, 0.5) is 4.79 Å². The maximum Gasteiger partial charge on any atom is 0.314 e. The van der Waals surface area contributed by atoms with Crippen LogP contribution in [0.2, 0.25) is 0 Å². The van der Waals surface area contributed by atoms with Gasteiger partial charge in [-0.25, -0.2) is 4.79 Å². The van der Waals surface area contributed by atoms with Crippen LogP contribution < -0.4 is 24.8 Å². The number of hydrogen-bond acceptors (Lipinski definition) is 5. The SMILES string of the molecule is COCCCNC(=O)NCCc1cc(OC)c(OC)c(OC)c1. The van der Waals surface area contributed by atoms with Crippen molar-refractivity contribution in [3.63, 3.8) is 0 Å². The number of rotatable bonds is 10. The number of nitrogens with one attached hydrogen (secondary N) is 2. The summed E-state index contributed by atoms with van der Waals surface area (Å²) < 4.78 is 20.8. The number of ether oxygens (including phenoxy) is 4. The molecule has 1 aromatic carbocycles. The monoisotopic (exact) mass is 326 g/mol. The summed E-state index contributed by atoms with van der Waals surface area (Å²) in [5, 5.41) is 5.58. The van der Waals surface area contributed by atoms with Crippen molar-refractivity contribution in [3.8, 4) is 17.2 Å². The van der Waals surface area contributed by atoms with E-state index in [9.17, 15) is 4.79 Å². The van der Waals surface area contributed by atoms with Crippen LogP contribution in [-0.2, 0) is 11.2 Å². The van der Waals surface area contributed by atoms with Crippen LogP contribution in [0.15, 0.2) is 12.1 Å². The fourth-order valence-electron chi connectivity index (χ4n) is 2.08. The Morgan fingerprint density at radius 3 is 2.09 bits per heavy atom. The van der Waals surface area contributed by atoms with Crippen molar-refractivity contribution in [1.82, 2.24) is 10.6 Å². The lowest BCUT2D eigenvalue weighted by Crippen LogP contribution is -2.37. The van der Waals surface area contributed by atoms with E-state index in [1.165, 1.54) is 0 Å². The molecule has 0 unspecified atom stereocenters. The minimum absolute atomic E-state index is 0.187. The molecule has 0 saturated heterocycles. The van der Waals surface area contributed by atoms with Crippen LogP contribution in [0.25, 0.3) is 0 Å². The summed E-state index contributed by atoms with van der Waals surface area (Å²) in [5.41, 5.74) is 0.985. The minimum Gasteiger partial charge on any atom is -0.493 e. The highest BCUT2D eigenvalue weighted by Crippen LogP contribution is 2.38. The van der Waals surface area contributed by atoms with Gasteiger partial charge in [0.15, 0.2) is 11.5 Å². The van der Waals surface area contributed by atoms with E-state index in [1.54, 1.807) is 28.4 Å². The molecule has 0 bridgehead atoms. The van der Waals surface area contributed by atoms with Gasteiger partial charge >= 0.3 is 6.03 Å². The van der Waals surface area contributed by atoms with Gasteiger partial charge in [-0.3, -0.25) is 0 Å². The molecule has 0 fully saturated rings. The van der Waals surface area contributed by atoms with Crippen LogP contribution in [0.5, 0.6) is 17.2 Å². The number of methoxy groups -OCH3 is 4. The molecule has 0 heterocycles. The molecule has 0 atom stereocenters. The smallest absolute Gasteiger partial charge is 0.314 e. The zero-order valence-corrected chi connectivity index (χ0v) is 14.2. The van der Waals surface area contributed by atoms with E-state index in [1.807, 2.05) is 12.1 Å². The van der Waals surface area contributed by atoms with Gasteiger partial charge in [0.05, 0.1) is 21.3 Å². The molecule has 1 aromatic rings. The first-order valence-electron chi connectivity index (χ1n) is 7.45. The third-order valence-corrected chi connectivity index (χ3v) is 3.23. The molecule has 7 nitrogen and oxygen atoms in total. The second-order valence-corrected chi connectivity index (χ2v) is 4.81. The fourth-order valence-corrected chi connectivity index (χ4v) is 2.08. The summed E-state index contributed by atoms with van der Waals surface area (Å²) in [6.07, 6.45) is 1.44. The second kappa shape index (κ2) is 10.6. The third-order valence-electron chi connectivity index (χ3n) is 3.23. The van der Waals surface area contributed by atoms with Crippen molar-refractivity contribution in [3.05, 3.63) is 17.7 Å². The molecular formula is C16H26N2O5. The molecule has 2 N–H and O–H groups in total. The third kappa shape index (κ3) is 6.23. The lowest BCUT2D eigenvalue weighted by molar-refractivity contribution is 0.193. The highest BCUT2D eigenvalue weighted by Gasteiger charge is 2.13. The standard InChI is InChI=1S/C16H26N2O5/c1-20-9-5-7-17-16(19)18-8-6-12-10-13(21-2)15(23-4)14(11-12)22-3/h10-11H,5-9H2,1-4H3,(H2,17,18,19). The number of amides is 2. The van der Waals surface area contributed by atoms with E-state index in [4.69, 9.17) is 18.9 Å². The predicted octanol–water partition coefficient (Wildman–Crippen LogP) is 1.59. The molecule has 0 radical (unpaired) electrons. The number of carbonyl (C=O) groups excluding carboxylic acids is 1. The van der Waals surface area contributed by atoms with Crippen LogP contribution >= 0.6 is 0 Å². The van der Waals surface area contributed by atoms with E-state index in [-0.39, 0.29) is 6.03 Å². The summed E-state index contributed by atoms with van der Waals surface area (Å²) in [5.74, 6) is 1.76. The molecule has 1 rings (SSSR count). The van der Waals surface area contributed by atoms with E-state index in [2.05, 4.69) is 10.6 Å². The number of hydrogen-bond donors (Lipinski definition) is 2. The summed E-state index contributed by atoms with van der Waals surface area (Å²) in [6, 6.07) is 3.56. The number of benzene rings is 1. The van der Waals surface area contributed by atoms with Crippen LogP contribution in [0, 0.1) is 0 Å². The molecular weight excluding hydrogens is 300 g/mol. The first-order valence-corrected chi connectivity index (χ1v) is 7.45. The maximum atomic E-state index is 11.6. The Bertz CT molecular complexity index is 468. The highest BCUT2D eigenvalue weighted by molar-refractivity contribution is 5.73. The lowest BCUT2D eigenvalue weighted by Gasteiger charge is -2.14. The Kier molecular flexibility index (Phi) is 8.67. The van der Waals surface area contributed by atoms with Gasteiger partial charge in [-0.15, -0.1) is 0 Å². The molecule has 0 spiro atoms. The summed E-state index contributed by atoms with van der Waals surface area (Å²) in [4.78, 5) is 11.6. The first kappa shape index (κ1) is 18.9. The van der Waals surface area contributed by atoms with Crippen molar-refractivity contribution in [2.75, 3.05) is 48.1 Å². The molecule has 7 heteroatoms. The van der Waals surface area contributed by atoms with Crippen molar-refractivity contribution >= 4 is 6.03 Å². The average molecular weight is 326 g/mol. The van der Waals surface area contributed by atoms with Crippen LogP contribution in [0.1, 0.15) is 12.0 Å². The molecule has 0 aliphatic carbocycles. The lowest BCUT2D eigenvalue weighted by atomic mass is 10.1. The molecule has 2 amide bonds. The van der Waals surface area contributed by atoms with Gasteiger partial charge in [-0.1, -0.05) is 0 Å². The van der Waals surface area contributed by atoms with Crippen molar-refractivity contribution in [1.29, 1.82) is 0 Å². The van der Waals surface area contributed by atoms with Crippen LogP contribution in [0.3, 0.4) is 0 Å². The Balaban J connectivity index is 2.50. The normalized spacial score (nSPS) is 10.1. The van der Waals surface area contributed by atoms with Crippen LogP contribution in [-0.4, -0.2) is 54.2 Å². The molecule has 0 aromatic heterocycles. The van der Waals surface area contributed by atoms with E-state index < -0.39 is 0 Å². The van der Waals surface area contributed by atoms with Gasteiger partial charge in [-0.05, 0) is 30.5 Å².